The van der Waals surface area contributed by atoms with Gasteiger partial charge >= 0.3 is 0 Å². The van der Waals surface area contributed by atoms with Gasteiger partial charge in [-0.3, -0.25) is 9.78 Å². The molecule has 1 aliphatic heterocycles. The lowest BCUT2D eigenvalue weighted by atomic mass is 9.85. The van der Waals surface area contributed by atoms with Gasteiger partial charge in [-0.2, -0.15) is 0 Å². The van der Waals surface area contributed by atoms with Crippen molar-refractivity contribution < 1.29 is 9.53 Å². The first-order chi connectivity index (χ1) is 12.7. The van der Waals surface area contributed by atoms with Gasteiger partial charge in [-0.15, -0.1) is 0 Å². The molecular weight excluding hydrogens is 326 g/mol. The maximum atomic E-state index is 12.4. The molecule has 2 N–H and O–H groups in total. The predicted molar refractivity (Wildman–Crippen MR) is 103 cm³/mol. The molecule has 5 heteroatoms. The lowest BCUT2D eigenvalue weighted by Crippen LogP contribution is -2.34. The van der Waals surface area contributed by atoms with Crippen LogP contribution in [0.15, 0.2) is 48.7 Å². The monoisotopic (exact) mass is 353 g/mol. The van der Waals surface area contributed by atoms with Crippen LogP contribution in [0.25, 0.3) is 0 Å². The number of ether oxygens (including phenoxy) is 1. The standard InChI is InChI=1S/C21H27N3O2/c1-16(17-6-5-10-22-14-17)12-21(25)24-18-8-4-9-20(13-18)26-15-19-7-2-3-11-23-19/h2-4,7-9,11,13,16-17,22H,5-6,10,12,14-15H2,1H3,(H,24,25). The minimum atomic E-state index is 0.0601. The molecule has 0 spiro atoms. The molecule has 0 aliphatic carbocycles. The number of hydrogen-bond donors (Lipinski definition) is 2. The highest BCUT2D eigenvalue weighted by Crippen LogP contribution is 2.24. The second-order valence-corrected chi connectivity index (χ2v) is 6.97. The number of anilines is 1. The third-order valence-corrected chi connectivity index (χ3v) is 4.88. The van der Waals surface area contributed by atoms with Crippen LogP contribution in [0, 0.1) is 11.8 Å². The highest BCUT2D eigenvalue weighted by molar-refractivity contribution is 5.91. The molecule has 2 unspecified atom stereocenters. The van der Waals surface area contributed by atoms with Crippen molar-refractivity contribution in [3.63, 3.8) is 0 Å². The molecule has 5 nitrogen and oxygen atoms in total. The fourth-order valence-corrected chi connectivity index (χ4v) is 3.34. The maximum Gasteiger partial charge on any atom is 0.224 e. The van der Waals surface area contributed by atoms with E-state index in [1.165, 1.54) is 12.8 Å². The Morgan fingerprint density at radius 1 is 1.35 bits per heavy atom. The van der Waals surface area contributed by atoms with Crippen LogP contribution >= 0.6 is 0 Å². The summed E-state index contributed by atoms with van der Waals surface area (Å²) in [6.07, 6.45) is 4.70. The summed E-state index contributed by atoms with van der Waals surface area (Å²) in [6.45, 7) is 4.69. The van der Waals surface area contributed by atoms with E-state index in [1.807, 2.05) is 42.5 Å². The number of nitrogens with one attached hydrogen (secondary N) is 2. The Morgan fingerprint density at radius 3 is 3.04 bits per heavy atom. The molecule has 3 rings (SSSR count). The summed E-state index contributed by atoms with van der Waals surface area (Å²) in [5, 5.41) is 6.42. The van der Waals surface area contributed by atoms with Crippen LogP contribution in [0.4, 0.5) is 5.69 Å². The maximum absolute atomic E-state index is 12.4. The molecule has 138 valence electrons. The number of piperidine rings is 1. The zero-order valence-corrected chi connectivity index (χ0v) is 15.3. The third-order valence-electron chi connectivity index (χ3n) is 4.88. The zero-order chi connectivity index (χ0) is 18.2. The predicted octanol–water partition coefficient (Wildman–Crippen LogP) is 3.62. The number of nitrogens with zero attached hydrogens (tertiary/aromatic N) is 1. The van der Waals surface area contributed by atoms with Gasteiger partial charge in [0.05, 0.1) is 5.69 Å². The van der Waals surface area contributed by atoms with Crippen LogP contribution in [0.1, 0.15) is 31.9 Å². The summed E-state index contributed by atoms with van der Waals surface area (Å²) >= 11 is 0. The van der Waals surface area contributed by atoms with Crippen molar-refractivity contribution in [3.05, 3.63) is 54.4 Å². The van der Waals surface area contributed by atoms with Gasteiger partial charge in [0.2, 0.25) is 5.91 Å². The quantitative estimate of drug-likeness (QED) is 0.798. The molecule has 1 aliphatic rings. The van der Waals surface area contributed by atoms with E-state index in [4.69, 9.17) is 4.74 Å². The van der Waals surface area contributed by atoms with Crippen molar-refractivity contribution in [3.8, 4) is 5.75 Å². The molecule has 1 saturated heterocycles. The van der Waals surface area contributed by atoms with Crippen molar-refractivity contribution in [1.82, 2.24) is 10.3 Å². The van der Waals surface area contributed by atoms with Crippen molar-refractivity contribution in [2.45, 2.75) is 32.8 Å². The van der Waals surface area contributed by atoms with Gasteiger partial charge in [0.25, 0.3) is 0 Å². The van der Waals surface area contributed by atoms with Crippen LogP contribution in [-0.4, -0.2) is 24.0 Å². The van der Waals surface area contributed by atoms with E-state index < -0.39 is 0 Å². The molecule has 2 heterocycles. The Bertz CT molecular complexity index is 699. The Labute approximate surface area is 155 Å². The van der Waals surface area contributed by atoms with E-state index in [-0.39, 0.29) is 5.91 Å². The molecule has 0 saturated carbocycles. The average Bonchev–Trinajstić information content (AvgIpc) is 2.68. The Morgan fingerprint density at radius 2 is 2.27 bits per heavy atom. The minimum Gasteiger partial charge on any atom is -0.487 e. The Kier molecular flexibility index (Phi) is 6.61. The van der Waals surface area contributed by atoms with E-state index in [9.17, 15) is 4.79 Å². The van der Waals surface area contributed by atoms with Crippen LogP contribution < -0.4 is 15.4 Å². The molecule has 1 aromatic heterocycles. The smallest absolute Gasteiger partial charge is 0.224 e. The molecule has 1 aromatic carbocycles. The lowest BCUT2D eigenvalue weighted by Gasteiger charge is -2.28. The summed E-state index contributed by atoms with van der Waals surface area (Å²) < 4.78 is 5.77. The third kappa shape index (κ3) is 5.56. The number of pyridine rings is 1. The highest BCUT2D eigenvalue weighted by Gasteiger charge is 2.22. The molecule has 0 bridgehead atoms. The molecular formula is C21H27N3O2. The van der Waals surface area contributed by atoms with E-state index in [1.54, 1.807) is 6.20 Å². The highest BCUT2D eigenvalue weighted by atomic mass is 16.5. The fraction of sp³-hybridized carbons (Fsp3) is 0.429. The van der Waals surface area contributed by atoms with Crippen LogP contribution in [0.3, 0.4) is 0 Å². The van der Waals surface area contributed by atoms with Gasteiger partial charge in [0.15, 0.2) is 0 Å². The molecule has 2 atom stereocenters. The number of aromatic nitrogens is 1. The van der Waals surface area contributed by atoms with Gasteiger partial charge in [0.1, 0.15) is 12.4 Å². The summed E-state index contributed by atoms with van der Waals surface area (Å²) in [6, 6.07) is 13.3. The summed E-state index contributed by atoms with van der Waals surface area (Å²) in [5.41, 5.74) is 1.64. The number of hydrogen-bond acceptors (Lipinski definition) is 4. The van der Waals surface area contributed by atoms with Crippen molar-refractivity contribution in [2.24, 2.45) is 11.8 Å². The first kappa shape index (κ1) is 18.4. The number of rotatable bonds is 7. The van der Waals surface area contributed by atoms with Gasteiger partial charge in [-0.1, -0.05) is 19.1 Å². The normalized spacial score (nSPS) is 18.1. The number of carbonyl (C=O) groups excluding carboxylic acids is 1. The van der Waals surface area contributed by atoms with Crippen molar-refractivity contribution in [2.75, 3.05) is 18.4 Å². The summed E-state index contributed by atoms with van der Waals surface area (Å²) in [5.74, 6) is 1.75. The van der Waals surface area contributed by atoms with E-state index in [2.05, 4.69) is 22.5 Å². The summed E-state index contributed by atoms with van der Waals surface area (Å²) in [7, 11) is 0. The molecule has 0 radical (unpaired) electrons. The van der Waals surface area contributed by atoms with Crippen LogP contribution in [0.2, 0.25) is 0 Å². The second-order valence-electron chi connectivity index (χ2n) is 6.97. The fourth-order valence-electron chi connectivity index (χ4n) is 3.34. The van der Waals surface area contributed by atoms with Crippen LogP contribution in [-0.2, 0) is 11.4 Å². The van der Waals surface area contributed by atoms with E-state index in [0.29, 0.717) is 24.9 Å². The topological polar surface area (TPSA) is 63.2 Å². The largest absolute Gasteiger partial charge is 0.487 e. The Hall–Kier alpha value is -2.40. The minimum absolute atomic E-state index is 0.0601. The lowest BCUT2D eigenvalue weighted by molar-refractivity contribution is -0.117. The molecule has 1 fully saturated rings. The zero-order valence-electron chi connectivity index (χ0n) is 15.3. The molecule has 26 heavy (non-hydrogen) atoms. The van der Waals surface area contributed by atoms with Crippen molar-refractivity contribution in [1.29, 1.82) is 0 Å². The van der Waals surface area contributed by atoms with Gasteiger partial charge in [-0.25, -0.2) is 0 Å². The first-order valence-corrected chi connectivity index (χ1v) is 9.34. The van der Waals surface area contributed by atoms with Crippen molar-refractivity contribution >= 4 is 11.6 Å². The summed E-state index contributed by atoms with van der Waals surface area (Å²) in [4.78, 5) is 16.6. The number of carbonyl (C=O) groups is 1. The SMILES string of the molecule is CC(CC(=O)Nc1cccc(OCc2ccccn2)c1)C1CCCNC1. The van der Waals surface area contributed by atoms with Gasteiger partial charge < -0.3 is 15.4 Å². The first-order valence-electron chi connectivity index (χ1n) is 9.34. The molecule has 1 amide bonds. The van der Waals surface area contributed by atoms with Gasteiger partial charge in [0, 0.05) is 24.4 Å². The average molecular weight is 353 g/mol. The van der Waals surface area contributed by atoms with Crippen LogP contribution in [0.5, 0.6) is 5.75 Å². The Balaban J connectivity index is 1.50. The number of amides is 1. The van der Waals surface area contributed by atoms with E-state index >= 15 is 0 Å². The second kappa shape index (κ2) is 9.34. The number of benzene rings is 1. The molecule has 2 aromatic rings. The van der Waals surface area contributed by atoms with Gasteiger partial charge in [-0.05, 0) is 62.0 Å². The van der Waals surface area contributed by atoms with E-state index in [0.717, 1.165) is 30.2 Å².